The third kappa shape index (κ3) is 2.21. The van der Waals surface area contributed by atoms with Crippen LogP contribution >= 0.6 is 0 Å². The first-order valence-electron chi connectivity index (χ1n) is 5.92. The summed E-state index contributed by atoms with van der Waals surface area (Å²) in [6.45, 7) is 5.57. The normalized spacial score (nSPS) is 17.3. The van der Waals surface area contributed by atoms with Gasteiger partial charge in [0.25, 0.3) is 0 Å². The van der Waals surface area contributed by atoms with Crippen molar-refractivity contribution < 1.29 is 5.11 Å². The highest BCUT2D eigenvalue weighted by atomic mass is 16.3. The van der Waals surface area contributed by atoms with Crippen LogP contribution in [0.1, 0.15) is 43.0 Å². The second kappa shape index (κ2) is 4.60. The Kier molecular flexibility index (Phi) is 3.18. The summed E-state index contributed by atoms with van der Waals surface area (Å²) < 4.78 is 2.34. The van der Waals surface area contributed by atoms with E-state index in [-0.39, 0.29) is 5.76 Å². The molecule has 2 nitrogen and oxygen atoms in total. The number of aromatic nitrogens is 1. The third-order valence-corrected chi connectivity index (χ3v) is 3.32. The van der Waals surface area contributed by atoms with Crippen molar-refractivity contribution in [3.8, 4) is 0 Å². The van der Waals surface area contributed by atoms with Gasteiger partial charge in [0.05, 0.1) is 0 Å². The summed E-state index contributed by atoms with van der Waals surface area (Å²) >= 11 is 0. The lowest BCUT2D eigenvalue weighted by Gasteiger charge is -2.14. The molecule has 16 heavy (non-hydrogen) atoms. The number of rotatable bonds is 3. The molecule has 0 saturated heterocycles. The first kappa shape index (κ1) is 11.1. The average molecular weight is 217 g/mol. The van der Waals surface area contributed by atoms with Gasteiger partial charge >= 0.3 is 0 Å². The average Bonchev–Trinajstić information content (AvgIpc) is 2.83. The molecule has 1 aromatic heterocycles. The van der Waals surface area contributed by atoms with Gasteiger partial charge in [-0.25, -0.2) is 0 Å². The van der Waals surface area contributed by atoms with Crippen LogP contribution in [-0.4, -0.2) is 9.67 Å². The largest absolute Gasteiger partial charge is 0.509 e. The highest BCUT2D eigenvalue weighted by molar-refractivity contribution is 5.52. The number of hydrogen-bond acceptors (Lipinski definition) is 1. The van der Waals surface area contributed by atoms with Crippen LogP contribution in [0, 0.1) is 6.92 Å². The summed E-state index contributed by atoms with van der Waals surface area (Å²) in [7, 11) is 0. The minimum atomic E-state index is 0.110. The second-order valence-corrected chi connectivity index (χ2v) is 4.55. The Morgan fingerprint density at radius 3 is 2.81 bits per heavy atom. The van der Waals surface area contributed by atoms with Crippen LogP contribution in [0.3, 0.4) is 0 Å². The van der Waals surface area contributed by atoms with Crippen molar-refractivity contribution in [1.29, 1.82) is 0 Å². The Morgan fingerprint density at radius 2 is 2.19 bits per heavy atom. The van der Waals surface area contributed by atoms with Crippen molar-refractivity contribution in [3.63, 3.8) is 0 Å². The van der Waals surface area contributed by atoms with E-state index in [4.69, 9.17) is 5.11 Å². The molecule has 0 atom stereocenters. The minimum absolute atomic E-state index is 0.110. The predicted octanol–water partition coefficient (Wildman–Crippen LogP) is 4.00. The zero-order chi connectivity index (χ0) is 11.5. The molecule has 2 heteroatoms. The van der Waals surface area contributed by atoms with Gasteiger partial charge in [-0.05, 0) is 43.5 Å². The molecule has 1 aromatic rings. The predicted molar refractivity (Wildman–Crippen MR) is 67.5 cm³/mol. The molecule has 1 saturated carbocycles. The lowest BCUT2D eigenvalue weighted by atomic mass is 10.2. The van der Waals surface area contributed by atoms with Crippen LogP contribution in [0.2, 0.25) is 0 Å². The van der Waals surface area contributed by atoms with Crippen LogP contribution < -0.4 is 0 Å². The maximum absolute atomic E-state index is 9.11. The zero-order valence-corrected chi connectivity index (χ0v) is 9.82. The molecule has 1 N–H and O–H groups in total. The Bertz CT molecular complexity index is 408. The molecule has 0 spiro atoms. The molecule has 1 fully saturated rings. The maximum atomic E-state index is 9.11. The molecule has 1 aliphatic carbocycles. The van der Waals surface area contributed by atoms with Crippen LogP contribution in [0.25, 0.3) is 6.08 Å². The minimum Gasteiger partial charge on any atom is -0.509 e. The van der Waals surface area contributed by atoms with Crippen molar-refractivity contribution in [2.45, 2.75) is 38.6 Å². The number of nitrogens with zero attached hydrogens (tertiary/aromatic N) is 1. The van der Waals surface area contributed by atoms with Gasteiger partial charge in [0.15, 0.2) is 0 Å². The first-order chi connectivity index (χ1) is 7.68. The molecule has 0 amide bonds. The smallest absolute Gasteiger partial charge is 0.108 e. The van der Waals surface area contributed by atoms with E-state index in [0.717, 1.165) is 0 Å². The molecule has 0 unspecified atom stereocenters. The van der Waals surface area contributed by atoms with Crippen molar-refractivity contribution in [2.75, 3.05) is 0 Å². The van der Waals surface area contributed by atoms with Gasteiger partial charge in [0.1, 0.15) is 5.76 Å². The van der Waals surface area contributed by atoms with Gasteiger partial charge in [0, 0.05) is 17.9 Å². The van der Waals surface area contributed by atoms with Crippen molar-refractivity contribution in [2.24, 2.45) is 0 Å². The van der Waals surface area contributed by atoms with Crippen molar-refractivity contribution in [3.05, 3.63) is 41.9 Å². The van der Waals surface area contributed by atoms with E-state index in [9.17, 15) is 0 Å². The van der Waals surface area contributed by atoms with E-state index in [0.29, 0.717) is 6.04 Å². The molecule has 0 aliphatic heterocycles. The van der Waals surface area contributed by atoms with Crippen LogP contribution in [0.5, 0.6) is 0 Å². The van der Waals surface area contributed by atoms with Crippen molar-refractivity contribution >= 4 is 6.08 Å². The van der Waals surface area contributed by atoms with Gasteiger partial charge in [-0.2, -0.15) is 0 Å². The standard InChI is InChI=1S/C14H19NO/c1-11-9-10-15(13-5-3-4-6-13)14(11)8-7-12(2)16/h7-10,13,16H,2-6H2,1H3/b8-7-. The number of aliphatic hydroxyl groups is 1. The fraction of sp³-hybridized carbons (Fsp3) is 0.429. The number of aliphatic hydroxyl groups excluding tert-OH is 1. The molecule has 1 aliphatic rings. The summed E-state index contributed by atoms with van der Waals surface area (Å²) in [4.78, 5) is 0. The molecule has 1 heterocycles. The third-order valence-electron chi connectivity index (χ3n) is 3.32. The van der Waals surface area contributed by atoms with E-state index in [1.807, 2.05) is 6.08 Å². The van der Waals surface area contributed by atoms with Crippen LogP contribution in [0.4, 0.5) is 0 Å². The SMILES string of the molecule is C=C(O)/C=C\c1c(C)ccn1C1CCCC1. The molecule has 0 aromatic carbocycles. The summed E-state index contributed by atoms with van der Waals surface area (Å²) in [5.74, 6) is 0.110. The molecular weight excluding hydrogens is 198 g/mol. The molecule has 2 rings (SSSR count). The molecule has 0 bridgehead atoms. The fourth-order valence-electron chi connectivity index (χ4n) is 2.45. The summed E-state index contributed by atoms with van der Waals surface area (Å²) in [5, 5.41) is 9.11. The van der Waals surface area contributed by atoms with E-state index in [1.54, 1.807) is 6.08 Å². The maximum Gasteiger partial charge on any atom is 0.108 e. The van der Waals surface area contributed by atoms with E-state index in [2.05, 4.69) is 30.3 Å². The van der Waals surface area contributed by atoms with Gasteiger partial charge in [-0.15, -0.1) is 0 Å². The topological polar surface area (TPSA) is 25.2 Å². The van der Waals surface area contributed by atoms with Gasteiger partial charge < -0.3 is 9.67 Å². The Balaban J connectivity index is 2.27. The van der Waals surface area contributed by atoms with E-state index in [1.165, 1.54) is 36.9 Å². The van der Waals surface area contributed by atoms with E-state index >= 15 is 0 Å². The lowest BCUT2D eigenvalue weighted by molar-refractivity contribution is 0.436. The Hall–Kier alpha value is -1.44. The first-order valence-corrected chi connectivity index (χ1v) is 5.92. The molecule has 86 valence electrons. The van der Waals surface area contributed by atoms with Gasteiger partial charge in [-0.1, -0.05) is 19.4 Å². The quantitative estimate of drug-likeness (QED) is 0.601. The lowest BCUT2D eigenvalue weighted by Crippen LogP contribution is -2.05. The van der Waals surface area contributed by atoms with Gasteiger partial charge in [0.2, 0.25) is 0 Å². The molecular formula is C14H19NO. The Morgan fingerprint density at radius 1 is 1.50 bits per heavy atom. The van der Waals surface area contributed by atoms with Crippen LogP contribution in [0.15, 0.2) is 30.7 Å². The Labute approximate surface area is 96.9 Å². The number of allylic oxidation sites excluding steroid dienone is 1. The van der Waals surface area contributed by atoms with E-state index < -0.39 is 0 Å². The number of hydrogen-bond donors (Lipinski definition) is 1. The van der Waals surface area contributed by atoms with Crippen LogP contribution in [-0.2, 0) is 0 Å². The van der Waals surface area contributed by atoms with Gasteiger partial charge in [-0.3, -0.25) is 0 Å². The second-order valence-electron chi connectivity index (χ2n) is 4.55. The highest BCUT2D eigenvalue weighted by Crippen LogP contribution is 2.32. The zero-order valence-electron chi connectivity index (χ0n) is 9.82. The molecule has 0 radical (unpaired) electrons. The number of aryl methyl sites for hydroxylation is 1. The van der Waals surface area contributed by atoms with Crippen molar-refractivity contribution in [1.82, 2.24) is 4.57 Å². The highest BCUT2D eigenvalue weighted by Gasteiger charge is 2.18. The fourth-order valence-corrected chi connectivity index (χ4v) is 2.45. The summed E-state index contributed by atoms with van der Waals surface area (Å²) in [5.41, 5.74) is 2.45. The summed E-state index contributed by atoms with van der Waals surface area (Å²) in [6, 6.07) is 2.78. The monoisotopic (exact) mass is 217 g/mol. The summed E-state index contributed by atoms with van der Waals surface area (Å²) in [6.07, 6.45) is 11.0.